The average Bonchev–Trinajstić information content (AvgIpc) is 2.19. The van der Waals surface area contributed by atoms with Crippen LogP contribution in [0.5, 0.6) is 0 Å². The van der Waals surface area contributed by atoms with Crippen LogP contribution in [-0.4, -0.2) is 30.2 Å². The average molecular weight is 209 g/mol. The molecule has 0 spiro atoms. The molecule has 0 N–H and O–H groups in total. The van der Waals surface area contributed by atoms with Crippen LogP contribution in [0.3, 0.4) is 0 Å². The molecule has 76 valence electrons. The Hall–Kier alpha value is -0.960. The fourth-order valence-electron chi connectivity index (χ4n) is 1.18. The zero-order chi connectivity index (χ0) is 10.4. The molecule has 0 aliphatic heterocycles. The minimum atomic E-state index is 0.144. The first-order valence-electron chi connectivity index (χ1n) is 4.63. The van der Waals surface area contributed by atoms with Crippen LogP contribution in [0.2, 0.25) is 0 Å². The number of hydrogen-bond acceptors (Lipinski definition) is 2. The van der Waals surface area contributed by atoms with E-state index < -0.39 is 0 Å². The summed E-state index contributed by atoms with van der Waals surface area (Å²) in [7, 11) is 1.81. The first kappa shape index (κ1) is 11.1. The van der Waals surface area contributed by atoms with Gasteiger partial charge in [-0.25, -0.2) is 0 Å². The lowest BCUT2D eigenvalue weighted by atomic mass is 10.1. The first-order chi connectivity index (χ1) is 6.74. The Balaban J connectivity index is 2.49. The summed E-state index contributed by atoms with van der Waals surface area (Å²) in [6.45, 7) is 0.703. The summed E-state index contributed by atoms with van der Waals surface area (Å²) in [5, 5.41) is 0. The molecule has 1 aromatic rings. The highest BCUT2D eigenvalue weighted by molar-refractivity contribution is 7.80. The number of nitrogens with zero attached hydrogens (tertiary/aromatic N) is 1. The normalized spacial score (nSPS) is 9.86. The number of thiol groups is 1. The van der Waals surface area contributed by atoms with Crippen molar-refractivity contribution in [2.45, 2.75) is 6.42 Å². The summed E-state index contributed by atoms with van der Waals surface area (Å²) in [6, 6.07) is 9.77. The summed E-state index contributed by atoms with van der Waals surface area (Å²) < 4.78 is 0. The molecule has 0 unspecified atom stereocenters. The van der Waals surface area contributed by atoms with Crippen molar-refractivity contribution in [2.24, 2.45) is 0 Å². The lowest BCUT2D eigenvalue weighted by Crippen LogP contribution is -2.29. The van der Waals surface area contributed by atoms with Crippen LogP contribution in [0, 0.1) is 0 Å². The van der Waals surface area contributed by atoms with Gasteiger partial charge in [0.05, 0.1) is 6.42 Å². The molecule has 1 aromatic carbocycles. The predicted octanol–water partition coefficient (Wildman–Crippen LogP) is 1.62. The van der Waals surface area contributed by atoms with Gasteiger partial charge >= 0.3 is 0 Å². The summed E-state index contributed by atoms with van der Waals surface area (Å²) in [5.41, 5.74) is 1.06. The molecule has 14 heavy (non-hydrogen) atoms. The maximum Gasteiger partial charge on any atom is 0.226 e. The van der Waals surface area contributed by atoms with E-state index in [-0.39, 0.29) is 5.91 Å². The summed E-state index contributed by atoms with van der Waals surface area (Å²) >= 11 is 4.09. The third-order valence-electron chi connectivity index (χ3n) is 2.06. The third kappa shape index (κ3) is 3.42. The van der Waals surface area contributed by atoms with Crippen molar-refractivity contribution in [2.75, 3.05) is 19.3 Å². The van der Waals surface area contributed by atoms with Gasteiger partial charge in [0.2, 0.25) is 5.91 Å². The van der Waals surface area contributed by atoms with Gasteiger partial charge in [0.25, 0.3) is 0 Å². The molecule has 2 nitrogen and oxygen atoms in total. The van der Waals surface area contributed by atoms with Crippen LogP contribution in [-0.2, 0) is 11.2 Å². The van der Waals surface area contributed by atoms with Crippen molar-refractivity contribution in [3.8, 4) is 0 Å². The number of carbonyl (C=O) groups is 1. The van der Waals surface area contributed by atoms with E-state index in [1.54, 1.807) is 4.90 Å². The minimum absolute atomic E-state index is 0.144. The molecule has 0 saturated heterocycles. The van der Waals surface area contributed by atoms with Gasteiger partial charge in [-0.15, -0.1) is 0 Å². The Morgan fingerprint density at radius 1 is 1.36 bits per heavy atom. The zero-order valence-corrected chi connectivity index (χ0v) is 9.21. The quantitative estimate of drug-likeness (QED) is 0.747. The van der Waals surface area contributed by atoms with Crippen molar-refractivity contribution in [3.63, 3.8) is 0 Å². The number of amides is 1. The Kier molecular flexibility index (Phi) is 4.53. The lowest BCUT2D eigenvalue weighted by molar-refractivity contribution is -0.128. The van der Waals surface area contributed by atoms with Crippen LogP contribution < -0.4 is 0 Å². The smallest absolute Gasteiger partial charge is 0.226 e. The van der Waals surface area contributed by atoms with Crippen molar-refractivity contribution in [1.82, 2.24) is 4.90 Å². The van der Waals surface area contributed by atoms with Gasteiger partial charge in [0.1, 0.15) is 0 Å². The molecular formula is C11H15NOS. The Bertz CT molecular complexity index is 287. The first-order valence-corrected chi connectivity index (χ1v) is 5.26. The van der Waals surface area contributed by atoms with Crippen LogP contribution in [0.4, 0.5) is 0 Å². The highest BCUT2D eigenvalue weighted by atomic mass is 32.1. The summed E-state index contributed by atoms with van der Waals surface area (Å²) in [4.78, 5) is 13.3. The molecule has 0 aliphatic carbocycles. The number of rotatable bonds is 4. The second-order valence-corrected chi connectivity index (χ2v) is 3.65. The maximum absolute atomic E-state index is 11.6. The van der Waals surface area contributed by atoms with Gasteiger partial charge in [-0.2, -0.15) is 12.6 Å². The van der Waals surface area contributed by atoms with Gasteiger partial charge in [-0.05, 0) is 5.56 Å². The second-order valence-electron chi connectivity index (χ2n) is 3.20. The van der Waals surface area contributed by atoms with Gasteiger partial charge < -0.3 is 4.90 Å². The van der Waals surface area contributed by atoms with E-state index >= 15 is 0 Å². The Morgan fingerprint density at radius 2 is 2.00 bits per heavy atom. The van der Waals surface area contributed by atoms with Crippen LogP contribution >= 0.6 is 12.6 Å². The number of likely N-dealkylation sites (N-methyl/N-ethyl adjacent to an activating group) is 1. The number of carbonyl (C=O) groups excluding carboxylic acids is 1. The van der Waals surface area contributed by atoms with Gasteiger partial charge in [-0.1, -0.05) is 30.3 Å². The topological polar surface area (TPSA) is 20.3 Å². The standard InChI is InChI=1S/C11H15NOS/c1-12(7-8-14)11(13)9-10-5-3-2-4-6-10/h2-6,14H,7-9H2,1H3. The molecule has 3 heteroatoms. The molecule has 0 heterocycles. The molecule has 0 aliphatic rings. The number of benzene rings is 1. The van der Waals surface area contributed by atoms with Crippen LogP contribution in [0.25, 0.3) is 0 Å². The van der Waals surface area contributed by atoms with Crippen LogP contribution in [0.1, 0.15) is 5.56 Å². The molecule has 0 saturated carbocycles. The predicted molar refractivity (Wildman–Crippen MR) is 61.6 cm³/mol. The highest BCUT2D eigenvalue weighted by Gasteiger charge is 2.07. The Labute approximate surface area is 90.3 Å². The SMILES string of the molecule is CN(CCS)C(=O)Cc1ccccc1. The monoisotopic (exact) mass is 209 g/mol. The van der Waals surface area contributed by atoms with E-state index in [9.17, 15) is 4.79 Å². The zero-order valence-electron chi connectivity index (χ0n) is 8.31. The highest BCUT2D eigenvalue weighted by Crippen LogP contribution is 2.01. The lowest BCUT2D eigenvalue weighted by Gasteiger charge is -2.15. The van der Waals surface area contributed by atoms with Crippen molar-refractivity contribution >= 4 is 18.5 Å². The van der Waals surface area contributed by atoms with E-state index in [2.05, 4.69) is 12.6 Å². The van der Waals surface area contributed by atoms with Gasteiger partial charge in [-0.3, -0.25) is 4.79 Å². The van der Waals surface area contributed by atoms with E-state index in [1.807, 2.05) is 37.4 Å². The largest absolute Gasteiger partial charge is 0.345 e. The maximum atomic E-state index is 11.6. The molecule has 1 rings (SSSR count). The van der Waals surface area contributed by atoms with Crippen molar-refractivity contribution in [1.29, 1.82) is 0 Å². The minimum Gasteiger partial charge on any atom is -0.345 e. The summed E-state index contributed by atoms with van der Waals surface area (Å²) in [6.07, 6.45) is 0.477. The molecule has 0 atom stereocenters. The second kappa shape index (κ2) is 5.70. The van der Waals surface area contributed by atoms with E-state index in [0.29, 0.717) is 18.7 Å². The molecule has 0 fully saturated rings. The van der Waals surface area contributed by atoms with Gasteiger partial charge in [0, 0.05) is 19.3 Å². The summed E-state index contributed by atoms with van der Waals surface area (Å²) in [5.74, 6) is 0.849. The van der Waals surface area contributed by atoms with E-state index in [0.717, 1.165) is 5.56 Å². The molecule has 0 bridgehead atoms. The van der Waals surface area contributed by atoms with Crippen molar-refractivity contribution < 1.29 is 4.79 Å². The van der Waals surface area contributed by atoms with E-state index in [1.165, 1.54) is 0 Å². The third-order valence-corrected chi connectivity index (χ3v) is 2.26. The van der Waals surface area contributed by atoms with Gasteiger partial charge in [0.15, 0.2) is 0 Å². The molecule has 0 radical (unpaired) electrons. The van der Waals surface area contributed by atoms with Crippen LogP contribution in [0.15, 0.2) is 30.3 Å². The van der Waals surface area contributed by atoms with Crippen molar-refractivity contribution in [3.05, 3.63) is 35.9 Å². The fourth-order valence-corrected chi connectivity index (χ4v) is 1.48. The number of hydrogen-bond donors (Lipinski definition) is 1. The molecule has 1 amide bonds. The molecule has 0 aromatic heterocycles. The Morgan fingerprint density at radius 3 is 2.57 bits per heavy atom. The molecular weight excluding hydrogens is 194 g/mol. The fraction of sp³-hybridized carbons (Fsp3) is 0.364. The van der Waals surface area contributed by atoms with E-state index in [4.69, 9.17) is 0 Å².